The molecule has 62 valence electrons. The summed E-state index contributed by atoms with van der Waals surface area (Å²) in [4.78, 5) is 10.6. The lowest BCUT2D eigenvalue weighted by Gasteiger charge is -2.23. The van der Waals surface area contributed by atoms with Gasteiger partial charge in [-0.15, -0.1) is 0 Å². The fourth-order valence-corrected chi connectivity index (χ4v) is 1.14. The first-order chi connectivity index (χ1) is 5.13. The molecule has 1 atom stereocenters. The maximum absolute atomic E-state index is 10.6. The van der Waals surface area contributed by atoms with Crippen LogP contribution in [-0.4, -0.2) is 34.4 Å². The second kappa shape index (κ2) is 2.90. The number of hydrazone groups is 1. The molecule has 0 fully saturated rings. The zero-order valence-electron chi connectivity index (χ0n) is 6.69. The van der Waals surface area contributed by atoms with Crippen LogP contribution in [0.5, 0.6) is 0 Å². The molecule has 1 heterocycles. The number of carboxylic acid groups (broad SMARTS) is 1. The van der Waals surface area contributed by atoms with Crippen LogP contribution in [0.4, 0.5) is 0 Å². The topological polar surface area (TPSA) is 52.9 Å². The molecular weight excluding hydrogens is 144 g/mol. The minimum Gasteiger partial charge on any atom is -0.480 e. The lowest BCUT2D eigenvalue weighted by Crippen LogP contribution is -2.38. The first-order valence-electron chi connectivity index (χ1n) is 3.66. The van der Waals surface area contributed by atoms with E-state index in [2.05, 4.69) is 5.10 Å². The van der Waals surface area contributed by atoms with Crippen LogP contribution >= 0.6 is 0 Å². The maximum atomic E-state index is 10.6. The Balaban J connectivity index is 2.63. The predicted octanol–water partition coefficient (Wildman–Crippen LogP) is 0.540. The van der Waals surface area contributed by atoms with Gasteiger partial charge in [-0.2, -0.15) is 5.10 Å². The van der Waals surface area contributed by atoms with E-state index in [1.807, 2.05) is 13.8 Å². The molecule has 0 spiro atoms. The van der Waals surface area contributed by atoms with E-state index < -0.39 is 12.0 Å². The summed E-state index contributed by atoms with van der Waals surface area (Å²) in [5.74, 6) is -0.795. The van der Waals surface area contributed by atoms with Gasteiger partial charge in [0.05, 0.1) is 0 Å². The Morgan fingerprint density at radius 1 is 1.82 bits per heavy atom. The molecule has 0 aromatic heterocycles. The standard InChI is InChI=1S/C7H12N2O2/c1-5(2)9-6(7(10)11)3-4-8-9/h4-6H,3H2,1-2H3,(H,10,11). The molecule has 0 aliphatic carbocycles. The zero-order valence-corrected chi connectivity index (χ0v) is 6.69. The summed E-state index contributed by atoms with van der Waals surface area (Å²) in [6, 6.07) is -0.287. The zero-order chi connectivity index (χ0) is 8.43. The normalized spacial score (nSPS) is 23.2. The van der Waals surface area contributed by atoms with Gasteiger partial charge in [0.25, 0.3) is 0 Å². The fourth-order valence-electron chi connectivity index (χ4n) is 1.14. The molecule has 0 saturated heterocycles. The monoisotopic (exact) mass is 156 g/mol. The summed E-state index contributed by atoms with van der Waals surface area (Å²) < 4.78 is 0. The van der Waals surface area contributed by atoms with Crippen LogP contribution < -0.4 is 0 Å². The van der Waals surface area contributed by atoms with Crippen molar-refractivity contribution in [3.8, 4) is 0 Å². The van der Waals surface area contributed by atoms with Crippen molar-refractivity contribution in [1.29, 1.82) is 0 Å². The lowest BCUT2D eigenvalue weighted by atomic mass is 10.2. The molecule has 1 N–H and O–H groups in total. The van der Waals surface area contributed by atoms with Crippen LogP contribution in [0.3, 0.4) is 0 Å². The van der Waals surface area contributed by atoms with E-state index in [1.54, 1.807) is 11.2 Å². The molecule has 0 radical (unpaired) electrons. The van der Waals surface area contributed by atoms with Gasteiger partial charge in [-0.25, -0.2) is 4.79 Å². The van der Waals surface area contributed by atoms with E-state index in [0.29, 0.717) is 6.42 Å². The van der Waals surface area contributed by atoms with Crippen molar-refractivity contribution < 1.29 is 9.90 Å². The molecule has 1 unspecified atom stereocenters. The quantitative estimate of drug-likeness (QED) is 0.634. The molecule has 11 heavy (non-hydrogen) atoms. The summed E-state index contributed by atoms with van der Waals surface area (Å²) in [6.45, 7) is 3.86. The van der Waals surface area contributed by atoms with E-state index in [4.69, 9.17) is 5.11 Å². The molecule has 0 saturated carbocycles. The van der Waals surface area contributed by atoms with E-state index in [1.165, 1.54) is 0 Å². The van der Waals surface area contributed by atoms with E-state index in [0.717, 1.165) is 0 Å². The summed E-state index contributed by atoms with van der Waals surface area (Å²) in [6.07, 6.45) is 2.17. The third-order valence-electron chi connectivity index (χ3n) is 1.68. The highest BCUT2D eigenvalue weighted by Gasteiger charge is 2.28. The molecule has 1 rings (SSSR count). The predicted molar refractivity (Wildman–Crippen MR) is 41.5 cm³/mol. The number of carbonyl (C=O) groups is 1. The number of aliphatic carboxylic acids is 1. The average Bonchev–Trinajstić information content (AvgIpc) is 2.32. The Morgan fingerprint density at radius 2 is 2.45 bits per heavy atom. The molecule has 0 aromatic rings. The van der Waals surface area contributed by atoms with Gasteiger partial charge in [0.1, 0.15) is 6.04 Å². The smallest absolute Gasteiger partial charge is 0.328 e. The Labute approximate surface area is 65.5 Å². The third-order valence-corrected chi connectivity index (χ3v) is 1.68. The van der Waals surface area contributed by atoms with Crippen molar-refractivity contribution in [3.05, 3.63) is 0 Å². The average molecular weight is 156 g/mol. The molecule has 1 aliphatic heterocycles. The van der Waals surface area contributed by atoms with Crippen molar-refractivity contribution in [2.45, 2.75) is 32.4 Å². The van der Waals surface area contributed by atoms with Gasteiger partial charge in [-0.3, -0.25) is 5.01 Å². The number of nitrogens with zero attached hydrogens (tertiary/aromatic N) is 2. The third kappa shape index (κ3) is 1.50. The number of rotatable bonds is 2. The van der Waals surface area contributed by atoms with Crippen molar-refractivity contribution in [3.63, 3.8) is 0 Å². The van der Waals surface area contributed by atoms with Crippen LogP contribution in [0.25, 0.3) is 0 Å². The summed E-state index contributed by atoms with van der Waals surface area (Å²) in [5.41, 5.74) is 0. The highest BCUT2D eigenvalue weighted by atomic mass is 16.4. The Morgan fingerprint density at radius 3 is 2.82 bits per heavy atom. The largest absolute Gasteiger partial charge is 0.480 e. The fraction of sp³-hybridized carbons (Fsp3) is 0.714. The highest BCUT2D eigenvalue weighted by Crippen LogP contribution is 2.14. The molecule has 4 heteroatoms. The second-order valence-electron chi connectivity index (χ2n) is 2.86. The van der Waals surface area contributed by atoms with Gasteiger partial charge in [0.15, 0.2) is 0 Å². The van der Waals surface area contributed by atoms with Gasteiger partial charge in [0.2, 0.25) is 0 Å². The molecule has 0 aromatic carbocycles. The maximum Gasteiger partial charge on any atom is 0.328 e. The van der Waals surface area contributed by atoms with Crippen LogP contribution in [0.1, 0.15) is 20.3 Å². The van der Waals surface area contributed by atoms with Gasteiger partial charge < -0.3 is 5.11 Å². The van der Waals surface area contributed by atoms with Gasteiger partial charge in [0, 0.05) is 18.7 Å². The Hall–Kier alpha value is -1.06. The summed E-state index contributed by atoms with van der Waals surface area (Å²) in [7, 11) is 0. The van der Waals surface area contributed by atoms with E-state index in [9.17, 15) is 4.79 Å². The van der Waals surface area contributed by atoms with Gasteiger partial charge in [-0.05, 0) is 13.8 Å². The first kappa shape index (κ1) is 8.04. The van der Waals surface area contributed by atoms with Crippen LogP contribution in [0.15, 0.2) is 5.10 Å². The first-order valence-corrected chi connectivity index (χ1v) is 3.66. The van der Waals surface area contributed by atoms with Crippen molar-refractivity contribution >= 4 is 12.2 Å². The summed E-state index contributed by atoms with van der Waals surface area (Å²) in [5, 5.41) is 14.3. The van der Waals surface area contributed by atoms with E-state index >= 15 is 0 Å². The van der Waals surface area contributed by atoms with Gasteiger partial charge in [-0.1, -0.05) is 0 Å². The second-order valence-corrected chi connectivity index (χ2v) is 2.86. The Bertz CT molecular complexity index is 189. The summed E-state index contributed by atoms with van der Waals surface area (Å²) >= 11 is 0. The molecule has 1 aliphatic rings. The molecule has 0 bridgehead atoms. The minimum atomic E-state index is -0.795. The molecule has 0 amide bonds. The minimum absolute atomic E-state index is 0.162. The van der Waals surface area contributed by atoms with Crippen molar-refractivity contribution in [2.24, 2.45) is 5.10 Å². The van der Waals surface area contributed by atoms with E-state index in [-0.39, 0.29) is 6.04 Å². The van der Waals surface area contributed by atoms with Gasteiger partial charge >= 0.3 is 5.97 Å². The Kier molecular flexibility index (Phi) is 2.12. The lowest BCUT2D eigenvalue weighted by molar-refractivity contribution is -0.143. The molecular formula is C7H12N2O2. The van der Waals surface area contributed by atoms with Crippen LogP contribution in [0, 0.1) is 0 Å². The van der Waals surface area contributed by atoms with Crippen molar-refractivity contribution in [2.75, 3.05) is 0 Å². The van der Waals surface area contributed by atoms with Crippen LogP contribution in [0.2, 0.25) is 0 Å². The number of hydrogen-bond acceptors (Lipinski definition) is 3. The SMILES string of the molecule is CC(C)N1N=CCC1C(=O)O. The van der Waals surface area contributed by atoms with Crippen molar-refractivity contribution in [1.82, 2.24) is 5.01 Å². The van der Waals surface area contributed by atoms with Crippen LogP contribution in [-0.2, 0) is 4.79 Å². The highest BCUT2D eigenvalue weighted by molar-refractivity contribution is 5.79. The number of hydrogen-bond donors (Lipinski definition) is 1. The molecule has 4 nitrogen and oxygen atoms in total. The number of carboxylic acids is 1.